The zero-order valence-electron chi connectivity index (χ0n) is 10.7. The average Bonchev–Trinajstić information content (AvgIpc) is 2.29. The van der Waals surface area contributed by atoms with Gasteiger partial charge in [-0.3, -0.25) is 0 Å². The summed E-state index contributed by atoms with van der Waals surface area (Å²) in [5.74, 6) is 0.317. The molecule has 0 fully saturated rings. The van der Waals surface area contributed by atoms with Crippen molar-refractivity contribution in [3.05, 3.63) is 27.1 Å². The smallest absolute Gasteiger partial charge is 0.241 e. The van der Waals surface area contributed by atoms with E-state index in [9.17, 15) is 13.5 Å². The summed E-state index contributed by atoms with van der Waals surface area (Å²) in [4.78, 5) is 0.152. The Morgan fingerprint density at radius 2 is 1.95 bits per heavy atom. The molecule has 1 aromatic carbocycles. The number of sulfonamides is 1. The highest BCUT2D eigenvalue weighted by atomic mass is 79.9. The number of aliphatic hydroxyl groups excluding tert-OH is 1. The first-order valence-corrected chi connectivity index (χ1v) is 8.92. The number of benzene rings is 1. The summed E-state index contributed by atoms with van der Waals surface area (Å²) in [6, 6.07) is 4.92. The molecule has 1 rings (SSSR count). The van der Waals surface area contributed by atoms with Gasteiger partial charge in [-0.1, -0.05) is 29.8 Å². The van der Waals surface area contributed by atoms with Crippen molar-refractivity contribution in [2.24, 2.45) is 5.92 Å². The molecule has 1 unspecified atom stereocenters. The van der Waals surface area contributed by atoms with Crippen molar-refractivity contribution in [3.63, 3.8) is 0 Å². The van der Waals surface area contributed by atoms with Crippen LogP contribution < -0.4 is 4.72 Å². The topological polar surface area (TPSA) is 66.4 Å². The Kier molecular flexibility index (Phi) is 6.46. The third-order valence-electron chi connectivity index (χ3n) is 2.44. The van der Waals surface area contributed by atoms with Crippen molar-refractivity contribution < 1.29 is 13.5 Å². The van der Waals surface area contributed by atoms with Gasteiger partial charge in [0.15, 0.2) is 0 Å². The minimum Gasteiger partial charge on any atom is -0.392 e. The molecule has 0 aliphatic carbocycles. The summed E-state index contributed by atoms with van der Waals surface area (Å²) in [5, 5.41) is 9.71. The average molecular weight is 415 g/mol. The molecule has 0 radical (unpaired) electrons. The first kappa shape index (κ1) is 17.1. The van der Waals surface area contributed by atoms with Gasteiger partial charge >= 0.3 is 0 Å². The van der Waals surface area contributed by atoms with Crippen molar-refractivity contribution >= 4 is 41.9 Å². The van der Waals surface area contributed by atoms with Gasteiger partial charge in [0.25, 0.3) is 0 Å². The monoisotopic (exact) mass is 413 g/mol. The summed E-state index contributed by atoms with van der Waals surface area (Å²) >= 11 is 6.45. The lowest BCUT2D eigenvalue weighted by Gasteiger charge is -2.14. The van der Waals surface area contributed by atoms with Crippen molar-refractivity contribution in [1.29, 1.82) is 0 Å². The fourth-order valence-electron chi connectivity index (χ4n) is 1.59. The minimum absolute atomic E-state index is 0.0134. The highest BCUT2D eigenvalue weighted by molar-refractivity contribution is 9.11. The third kappa shape index (κ3) is 5.51. The molecule has 4 nitrogen and oxygen atoms in total. The van der Waals surface area contributed by atoms with Gasteiger partial charge in [-0.2, -0.15) is 0 Å². The van der Waals surface area contributed by atoms with Crippen LogP contribution in [0, 0.1) is 5.92 Å². The van der Waals surface area contributed by atoms with Gasteiger partial charge in [-0.25, -0.2) is 13.1 Å². The van der Waals surface area contributed by atoms with E-state index in [0.717, 1.165) is 0 Å². The second-order valence-corrected chi connectivity index (χ2v) is 8.22. The molecular formula is C12H17Br2NO3S. The van der Waals surface area contributed by atoms with Crippen LogP contribution in [0.2, 0.25) is 0 Å². The number of hydrogen-bond acceptors (Lipinski definition) is 3. The lowest BCUT2D eigenvalue weighted by Crippen LogP contribution is -2.33. The van der Waals surface area contributed by atoms with Crippen LogP contribution in [0.25, 0.3) is 0 Å². The predicted molar refractivity (Wildman–Crippen MR) is 82.5 cm³/mol. The van der Waals surface area contributed by atoms with Crippen molar-refractivity contribution in [1.82, 2.24) is 4.72 Å². The lowest BCUT2D eigenvalue weighted by molar-refractivity contribution is 0.152. The van der Waals surface area contributed by atoms with E-state index in [1.54, 1.807) is 12.1 Å². The molecule has 7 heteroatoms. The van der Waals surface area contributed by atoms with Gasteiger partial charge < -0.3 is 5.11 Å². The third-order valence-corrected chi connectivity index (χ3v) is 5.35. The van der Waals surface area contributed by atoms with Crippen LogP contribution in [0.4, 0.5) is 0 Å². The highest BCUT2D eigenvalue weighted by Gasteiger charge is 2.19. The quantitative estimate of drug-likeness (QED) is 0.751. The molecule has 0 saturated heterocycles. The molecule has 0 aliphatic heterocycles. The van der Waals surface area contributed by atoms with Crippen LogP contribution in [0.1, 0.15) is 20.3 Å². The van der Waals surface area contributed by atoms with Crippen molar-refractivity contribution in [2.45, 2.75) is 31.3 Å². The van der Waals surface area contributed by atoms with E-state index in [2.05, 4.69) is 36.6 Å². The first-order valence-electron chi connectivity index (χ1n) is 5.85. The van der Waals surface area contributed by atoms with E-state index >= 15 is 0 Å². The summed E-state index contributed by atoms with van der Waals surface area (Å²) in [6.45, 7) is 3.96. The number of halogens is 2. The summed E-state index contributed by atoms with van der Waals surface area (Å²) in [7, 11) is -3.63. The highest BCUT2D eigenvalue weighted by Crippen LogP contribution is 2.25. The molecule has 0 bridgehead atoms. The summed E-state index contributed by atoms with van der Waals surface area (Å²) < 4.78 is 27.8. The van der Waals surface area contributed by atoms with Crippen LogP contribution in [0.5, 0.6) is 0 Å². The first-order chi connectivity index (χ1) is 8.72. The van der Waals surface area contributed by atoms with E-state index in [1.165, 1.54) is 6.07 Å². The molecule has 0 aliphatic rings. The lowest BCUT2D eigenvalue weighted by atomic mass is 10.1. The number of nitrogens with one attached hydrogen (secondary N) is 1. The molecular weight excluding hydrogens is 398 g/mol. The Morgan fingerprint density at radius 1 is 1.32 bits per heavy atom. The maximum Gasteiger partial charge on any atom is 0.241 e. The van der Waals surface area contributed by atoms with E-state index in [4.69, 9.17) is 0 Å². The van der Waals surface area contributed by atoms with Crippen LogP contribution in [0.15, 0.2) is 32.0 Å². The fraction of sp³-hybridized carbons (Fsp3) is 0.500. The number of aliphatic hydroxyl groups is 1. The molecule has 19 heavy (non-hydrogen) atoms. The molecule has 0 saturated carbocycles. The molecule has 0 amide bonds. The Bertz CT molecular complexity index is 532. The Labute approximate surface area is 130 Å². The van der Waals surface area contributed by atoms with Gasteiger partial charge in [-0.15, -0.1) is 0 Å². The maximum absolute atomic E-state index is 12.1. The number of hydrogen-bond donors (Lipinski definition) is 2. The zero-order chi connectivity index (χ0) is 14.6. The number of rotatable bonds is 6. The minimum atomic E-state index is -3.63. The van der Waals surface area contributed by atoms with Gasteiger partial charge in [-0.05, 0) is 46.5 Å². The molecule has 2 N–H and O–H groups in total. The molecule has 0 heterocycles. The van der Waals surface area contributed by atoms with E-state index in [1.807, 2.05) is 13.8 Å². The molecule has 1 atom stereocenters. The normalized spacial score (nSPS) is 13.8. The largest absolute Gasteiger partial charge is 0.392 e. The van der Waals surface area contributed by atoms with E-state index in [0.29, 0.717) is 21.3 Å². The Morgan fingerprint density at radius 3 is 2.53 bits per heavy atom. The molecule has 0 aromatic heterocycles. The molecule has 0 spiro atoms. The molecule has 108 valence electrons. The van der Waals surface area contributed by atoms with E-state index < -0.39 is 16.1 Å². The SMILES string of the molecule is CC(C)CC(O)CNS(=O)(=O)c1cc(Br)ccc1Br. The Balaban J connectivity index is 2.79. The second-order valence-electron chi connectivity index (χ2n) is 4.71. The summed E-state index contributed by atoms with van der Waals surface area (Å²) in [5.41, 5.74) is 0. The van der Waals surface area contributed by atoms with Crippen LogP contribution in [-0.2, 0) is 10.0 Å². The van der Waals surface area contributed by atoms with Crippen LogP contribution in [0.3, 0.4) is 0 Å². The van der Waals surface area contributed by atoms with Gasteiger partial charge in [0.1, 0.15) is 0 Å². The maximum atomic E-state index is 12.1. The van der Waals surface area contributed by atoms with Crippen LogP contribution >= 0.6 is 31.9 Å². The molecule has 1 aromatic rings. The summed E-state index contributed by atoms with van der Waals surface area (Å²) in [6.07, 6.45) is -0.122. The van der Waals surface area contributed by atoms with Crippen molar-refractivity contribution in [3.8, 4) is 0 Å². The van der Waals surface area contributed by atoms with Crippen molar-refractivity contribution in [2.75, 3.05) is 6.54 Å². The zero-order valence-corrected chi connectivity index (χ0v) is 14.7. The van der Waals surface area contributed by atoms with Crippen LogP contribution in [-0.4, -0.2) is 26.2 Å². The van der Waals surface area contributed by atoms with Gasteiger partial charge in [0, 0.05) is 15.5 Å². The van der Waals surface area contributed by atoms with Gasteiger partial charge in [0.05, 0.1) is 11.0 Å². The van der Waals surface area contributed by atoms with E-state index in [-0.39, 0.29) is 11.4 Å². The van der Waals surface area contributed by atoms with Gasteiger partial charge in [0.2, 0.25) is 10.0 Å². The standard InChI is InChI=1S/C12H17Br2NO3S/c1-8(2)5-10(16)7-15-19(17,18)12-6-9(13)3-4-11(12)14/h3-4,6,8,10,15-16H,5,7H2,1-2H3. The second kappa shape index (κ2) is 7.17. The fourth-order valence-corrected chi connectivity index (χ4v) is 4.17. The Hall–Kier alpha value is 0.0500. The predicted octanol–water partition coefficient (Wildman–Crippen LogP) is 2.90.